The number of amides is 2. The minimum atomic E-state index is -0.511. The standard InChI is InChI=1S/C31H51ClN2O5/c1-9-23(10-11-24(16-32)12-14-28(3,4)5)13-15-39-29(6,7)22(2)25(18-35)17-33-27(37)34-31-19-30(20-31,21-31)26(36)38-8/h9-11,22,25,35H,1,12-21H2,2-8H3,(H2,33,34,37)/b23-10+,24-11-. The smallest absolute Gasteiger partial charge is 0.315 e. The van der Waals surface area contributed by atoms with E-state index in [1.54, 1.807) is 0 Å². The van der Waals surface area contributed by atoms with Gasteiger partial charge in [0, 0.05) is 30.5 Å². The number of hydrogen-bond acceptors (Lipinski definition) is 5. The van der Waals surface area contributed by atoms with Crippen molar-refractivity contribution in [1.29, 1.82) is 0 Å². The Bertz CT molecular complexity index is 914. The second-order valence-corrected chi connectivity index (χ2v) is 13.6. The van der Waals surface area contributed by atoms with Gasteiger partial charge in [0.2, 0.25) is 0 Å². The summed E-state index contributed by atoms with van der Waals surface area (Å²) >= 11 is 6.16. The molecule has 2 unspecified atom stereocenters. The van der Waals surface area contributed by atoms with Gasteiger partial charge in [-0.25, -0.2) is 4.79 Å². The van der Waals surface area contributed by atoms with E-state index in [2.05, 4.69) is 50.1 Å². The molecule has 8 heteroatoms. The number of carbonyl (C=O) groups is 2. The summed E-state index contributed by atoms with van der Waals surface area (Å²) in [6.45, 7) is 17.5. The van der Waals surface area contributed by atoms with Crippen LogP contribution >= 0.6 is 11.6 Å². The van der Waals surface area contributed by atoms with E-state index in [4.69, 9.17) is 21.1 Å². The fourth-order valence-corrected chi connectivity index (χ4v) is 5.82. The monoisotopic (exact) mass is 566 g/mol. The molecule has 7 nitrogen and oxygen atoms in total. The molecular formula is C31H51ClN2O5. The van der Waals surface area contributed by atoms with Crippen LogP contribution in [0.5, 0.6) is 0 Å². The van der Waals surface area contributed by atoms with Crippen LogP contribution in [-0.4, -0.2) is 61.0 Å². The van der Waals surface area contributed by atoms with Gasteiger partial charge in [0.05, 0.1) is 24.7 Å². The Balaban J connectivity index is 1.81. The predicted molar refractivity (Wildman–Crippen MR) is 158 cm³/mol. The number of esters is 1. The highest BCUT2D eigenvalue weighted by Crippen LogP contribution is 2.67. The number of alkyl halides is 1. The van der Waals surface area contributed by atoms with Crippen LogP contribution < -0.4 is 10.6 Å². The fraction of sp³-hybridized carbons (Fsp3) is 0.742. The third-order valence-electron chi connectivity index (χ3n) is 8.62. The molecule has 39 heavy (non-hydrogen) atoms. The van der Waals surface area contributed by atoms with Crippen molar-refractivity contribution < 1.29 is 24.2 Å². The summed E-state index contributed by atoms with van der Waals surface area (Å²) in [7, 11) is 1.40. The summed E-state index contributed by atoms with van der Waals surface area (Å²) in [6, 6.07) is -0.273. The molecule has 3 aliphatic carbocycles. The van der Waals surface area contributed by atoms with Crippen LogP contribution in [0.15, 0.2) is 36.0 Å². The van der Waals surface area contributed by atoms with Crippen LogP contribution in [0.1, 0.15) is 80.1 Å². The van der Waals surface area contributed by atoms with Crippen LogP contribution in [0.4, 0.5) is 4.79 Å². The van der Waals surface area contributed by atoms with Gasteiger partial charge in [0.15, 0.2) is 0 Å². The van der Waals surface area contributed by atoms with Crippen molar-refractivity contribution in [3.05, 3.63) is 36.0 Å². The lowest BCUT2D eigenvalue weighted by Crippen LogP contribution is -2.77. The topological polar surface area (TPSA) is 96.9 Å². The van der Waals surface area contributed by atoms with Crippen molar-refractivity contribution in [2.24, 2.45) is 22.7 Å². The SMILES string of the molecule is C=C/C(=C\C=C(/CCl)CCC(C)(C)C)CCOC(C)(C)C(C)C(CO)CNC(=O)NC12CC(C(=O)OC)(C1)C2. The molecule has 0 aromatic heterocycles. The Morgan fingerprint density at radius 1 is 1.13 bits per heavy atom. The average molecular weight is 567 g/mol. The van der Waals surface area contributed by atoms with Crippen molar-refractivity contribution in [3.63, 3.8) is 0 Å². The summed E-state index contributed by atoms with van der Waals surface area (Å²) < 4.78 is 11.1. The molecule has 0 heterocycles. The molecule has 3 fully saturated rings. The quantitative estimate of drug-likeness (QED) is 0.122. The lowest BCUT2D eigenvalue weighted by atomic mass is 9.39. The van der Waals surface area contributed by atoms with E-state index in [1.165, 1.54) is 12.7 Å². The van der Waals surface area contributed by atoms with Gasteiger partial charge in [-0.15, -0.1) is 11.6 Å². The summed E-state index contributed by atoms with van der Waals surface area (Å²) in [5, 5.41) is 16.0. The van der Waals surface area contributed by atoms with Gasteiger partial charge in [-0.2, -0.15) is 0 Å². The zero-order chi connectivity index (χ0) is 29.5. The van der Waals surface area contributed by atoms with E-state index in [1.807, 2.05) is 26.8 Å². The Hall–Kier alpha value is -1.83. The van der Waals surface area contributed by atoms with Gasteiger partial charge in [0.25, 0.3) is 0 Å². The molecule has 3 aliphatic rings. The van der Waals surface area contributed by atoms with Gasteiger partial charge in [-0.05, 0) is 69.3 Å². The fourth-order valence-electron chi connectivity index (χ4n) is 5.60. The van der Waals surface area contributed by atoms with E-state index >= 15 is 0 Å². The molecule has 3 rings (SSSR count). The number of urea groups is 1. The zero-order valence-corrected chi connectivity index (χ0v) is 25.9. The lowest BCUT2D eigenvalue weighted by molar-refractivity contribution is -0.199. The molecule has 0 aromatic rings. The van der Waals surface area contributed by atoms with E-state index in [0.717, 1.165) is 18.4 Å². The highest BCUT2D eigenvalue weighted by molar-refractivity contribution is 6.19. The predicted octanol–water partition coefficient (Wildman–Crippen LogP) is 5.92. The highest BCUT2D eigenvalue weighted by atomic mass is 35.5. The average Bonchev–Trinajstić information content (AvgIpc) is 2.83. The third-order valence-corrected chi connectivity index (χ3v) is 8.96. The Labute approximate surface area is 240 Å². The van der Waals surface area contributed by atoms with Crippen molar-refractivity contribution in [2.75, 3.05) is 32.7 Å². The number of nitrogens with one attached hydrogen (secondary N) is 2. The number of rotatable bonds is 16. The summed E-state index contributed by atoms with van der Waals surface area (Å²) in [6.07, 6.45) is 10.7. The first-order valence-electron chi connectivity index (χ1n) is 14.1. The van der Waals surface area contributed by atoms with Crippen molar-refractivity contribution >= 4 is 23.6 Å². The van der Waals surface area contributed by atoms with Gasteiger partial charge in [-0.3, -0.25) is 4.79 Å². The zero-order valence-electron chi connectivity index (χ0n) is 25.1. The number of aliphatic hydroxyl groups is 1. The van der Waals surface area contributed by atoms with Gasteiger partial charge >= 0.3 is 12.0 Å². The second kappa shape index (κ2) is 13.7. The normalized spacial score (nSPS) is 24.6. The van der Waals surface area contributed by atoms with Crippen molar-refractivity contribution in [1.82, 2.24) is 10.6 Å². The number of hydrogen-bond donors (Lipinski definition) is 3. The van der Waals surface area contributed by atoms with Crippen LogP contribution in [0.25, 0.3) is 0 Å². The molecule has 0 aromatic carbocycles. The number of methoxy groups -OCH3 is 1. The second-order valence-electron chi connectivity index (χ2n) is 13.3. The summed E-state index contributed by atoms with van der Waals surface area (Å²) in [4.78, 5) is 24.4. The first kappa shape index (κ1) is 33.4. The summed E-state index contributed by atoms with van der Waals surface area (Å²) in [5.74, 6) is 0.136. The van der Waals surface area contributed by atoms with E-state index in [-0.39, 0.29) is 41.4 Å². The first-order valence-corrected chi connectivity index (χ1v) is 14.6. The van der Waals surface area contributed by atoms with Crippen LogP contribution in [0.3, 0.4) is 0 Å². The Kier molecular flexibility index (Phi) is 11.7. The maximum absolute atomic E-state index is 12.5. The van der Waals surface area contributed by atoms with Gasteiger partial charge in [-0.1, -0.05) is 58.1 Å². The Morgan fingerprint density at radius 2 is 1.77 bits per heavy atom. The molecule has 3 N–H and O–H groups in total. The van der Waals surface area contributed by atoms with E-state index in [0.29, 0.717) is 44.7 Å². The van der Waals surface area contributed by atoms with Crippen LogP contribution in [0.2, 0.25) is 0 Å². The molecule has 3 saturated carbocycles. The van der Waals surface area contributed by atoms with Gasteiger partial charge in [0.1, 0.15) is 0 Å². The van der Waals surface area contributed by atoms with Crippen LogP contribution in [0, 0.1) is 22.7 Å². The largest absolute Gasteiger partial charge is 0.469 e. The maximum Gasteiger partial charge on any atom is 0.315 e. The minimum Gasteiger partial charge on any atom is -0.469 e. The minimum absolute atomic E-state index is 0.0170. The summed E-state index contributed by atoms with van der Waals surface area (Å²) in [5.41, 5.74) is 1.34. The first-order chi connectivity index (χ1) is 18.1. The molecule has 0 saturated heterocycles. The molecule has 0 spiro atoms. The number of aliphatic hydroxyl groups excluding tert-OH is 1. The van der Waals surface area contributed by atoms with Crippen LogP contribution in [-0.2, 0) is 14.3 Å². The molecule has 0 aliphatic heterocycles. The third kappa shape index (κ3) is 9.09. The number of carbonyl (C=O) groups excluding carboxylic acids is 2. The molecule has 222 valence electrons. The molecular weight excluding hydrogens is 516 g/mol. The molecule has 2 atom stereocenters. The van der Waals surface area contributed by atoms with E-state index < -0.39 is 11.0 Å². The molecule has 0 radical (unpaired) electrons. The lowest BCUT2D eigenvalue weighted by Gasteiger charge is -2.68. The number of halogens is 1. The number of ether oxygens (including phenoxy) is 2. The highest BCUT2D eigenvalue weighted by Gasteiger charge is 2.73. The van der Waals surface area contributed by atoms with Crippen molar-refractivity contribution in [2.45, 2.75) is 91.2 Å². The Morgan fingerprint density at radius 3 is 2.28 bits per heavy atom. The van der Waals surface area contributed by atoms with Gasteiger partial charge < -0.3 is 25.2 Å². The van der Waals surface area contributed by atoms with E-state index in [9.17, 15) is 14.7 Å². The number of allylic oxidation sites excluding steroid dienone is 4. The molecule has 2 bridgehead atoms. The molecule has 2 amide bonds. The maximum atomic E-state index is 12.5. The van der Waals surface area contributed by atoms with Crippen molar-refractivity contribution in [3.8, 4) is 0 Å².